The largest absolute Gasteiger partial charge is 0.363 e. The van der Waals surface area contributed by atoms with Gasteiger partial charge in [-0.2, -0.15) is 5.26 Å². The Labute approximate surface area is 139 Å². The number of carbonyl (C=O) groups is 1. The van der Waals surface area contributed by atoms with E-state index in [0.717, 1.165) is 41.6 Å². The van der Waals surface area contributed by atoms with E-state index in [1.807, 2.05) is 6.92 Å². The Hall–Kier alpha value is -1.33. The van der Waals surface area contributed by atoms with Crippen LogP contribution in [0.25, 0.3) is 0 Å². The summed E-state index contributed by atoms with van der Waals surface area (Å²) in [6, 6.07) is 2.39. The maximum Gasteiger partial charge on any atom is 0.236 e. The zero-order valence-electron chi connectivity index (χ0n) is 13.1. The summed E-state index contributed by atoms with van der Waals surface area (Å²) in [5.41, 5.74) is -0.637. The maximum absolute atomic E-state index is 12.7. The molecule has 1 heterocycles. The van der Waals surface area contributed by atoms with Crippen molar-refractivity contribution in [1.82, 2.24) is 15.1 Å². The van der Waals surface area contributed by atoms with Crippen LogP contribution in [0.2, 0.25) is 0 Å². The second kappa shape index (κ2) is 7.29. The lowest BCUT2D eigenvalue weighted by Gasteiger charge is -2.39. The quantitative estimate of drug-likeness (QED) is 0.831. The number of nitrogens with zero attached hydrogens (tertiary/aromatic N) is 4. The Morgan fingerprint density at radius 3 is 2.68 bits per heavy atom. The standard InChI is InChI=1S/C14H21N5OS2/c1-10(21-13-18-17-12(16-2)22-13)11(20)19(3)14(9-15)7-5-4-6-8-14/h10H,4-8H2,1-3H3,(H,16,17)/t10-/m0/s1. The van der Waals surface area contributed by atoms with Crippen LogP contribution in [0, 0.1) is 11.3 Å². The van der Waals surface area contributed by atoms with Crippen LogP contribution in [0.4, 0.5) is 5.13 Å². The number of rotatable bonds is 5. The molecule has 1 aromatic rings. The summed E-state index contributed by atoms with van der Waals surface area (Å²) in [4.78, 5) is 14.3. The molecule has 0 saturated heterocycles. The van der Waals surface area contributed by atoms with Crippen molar-refractivity contribution in [2.24, 2.45) is 0 Å². The van der Waals surface area contributed by atoms with Gasteiger partial charge < -0.3 is 10.2 Å². The highest BCUT2D eigenvalue weighted by atomic mass is 32.2. The van der Waals surface area contributed by atoms with Gasteiger partial charge in [0, 0.05) is 14.1 Å². The normalized spacial score (nSPS) is 18.3. The number of carbonyl (C=O) groups excluding carboxylic acids is 1. The summed E-state index contributed by atoms with van der Waals surface area (Å²) in [5, 5.41) is 21.0. The van der Waals surface area contributed by atoms with Crippen molar-refractivity contribution in [2.75, 3.05) is 19.4 Å². The molecule has 0 spiro atoms. The molecule has 1 N–H and O–H groups in total. The van der Waals surface area contributed by atoms with E-state index in [1.165, 1.54) is 23.1 Å². The molecule has 1 atom stereocenters. The second-order valence-electron chi connectivity index (χ2n) is 5.48. The Morgan fingerprint density at radius 2 is 2.14 bits per heavy atom. The van der Waals surface area contributed by atoms with E-state index in [1.54, 1.807) is 19.0 Å². The number of amides is 1. The molecule has 1 fully saturated rings. The lowest BCUT2D eigenvalue weighted by Crippen LogP contribution is -2.52. The van der Waals surface area contributed by atoms with Gasteiger partial charge in [-0.25, -0.2) is 0 Å². The molecule has 1 aliphatic carbocycles. The Balaban J connectivity index is 2.04. The van der Waals surface area contributed by atoms with Crippen LogP contribution >= 0.6 is 23.1 Å². The molecule has 0 unspecified atom stereocenters. The third-order valence-electron chi connectivity index (χ3n) is 4.11. The van der Waals surface area contributed by atoms with Gasteiger partial charge in [-0.15, -0.1) is 10.2 Å². The SMILES string of the molecule is CNc1nnc(S[C@@H](C)C(=O)N(C)C2(C#N)CCCCC2)s1. The van der Waals surface area contributed by atoms with Gasteiger partial charge in [0.05, 0.1) is 11.3 Å². The average molecular weight is 339 g/mol. The highest BCUT2D eigenvalue weighted by molar-refractivity contribution is 8.02. The fourth-order valence-corrected chi connectivity index (χ4v) is 4.64. The molecule has 0 bridgehead atoms. The minimum Gasteiger partial charge on any atom is -0.363 e. The van der Waals surface area contributed by atoms with E-state index >= 15 is 0 Å². The van der Waals surface area contributed by atoms with E-state index in [9.17, 15) is 10.1 Å². The molecule has 8 heteroatoms. The molecule has 22 heavy (non-hydrogen) atoms. The van der Waals surface area contributed by atoms with E-state index < -0.39 is 5.54 Å². The topological polar surface area (TPSA) is 81.9 Å². The van der Waals surface area contributed by atoms with Crippen LogP contribution < -0.4 is 5.32 Å². The third-order valence-corrected chi connectivity index (χ3v) is 6.22. The molecular formula is C14H21N5OS2. The lowest BCUT2D eigenvalue weighted by atomic mass is 9.81. The van der Waals surface area contributed by atoms with Crippen LogP contribution in [0.3, 0.4) is 0 Å². The number of hydrogen-bond donors (Lipinski definition) is 1. The van der Waals surface area contributed by atoms with E-state index in [4.69, 9.17) is 0 Å². The van der Waals surface area contributed by atoms with E-state index in [0.29, 0.717) is 0 Å². The van der Waals surface area contributed by atoms with Crippen molar-refractivity contribution in [1.29, 1.82) is 5.26 Å². The fraction of sp³-hybridized carbons (Fsp3) is 0.714. The summed E-state index contributed by atoms with van der Waals surface area (Å²) < 4.78 is 0.758. The Kier molecular flexibility index (Phi) is 5.64. The van der Waals surface area contributed by atoms with Gasteiger partial charge in [-0.3, -0.25) is 4.79 Å². The molecule has 6 nitrogen and oxygen atoms in total. The van der Waals surface area contributed by atoms with Crippen LogP contribution in [0.15, 0.2) is 4.34 Å². The van der Waals surface area contributed by atoms with Gasteiger partial charge in [0.25, 0.3) is 0 Å². The zero-order chi connectivity index (χ0) is 16.2. The molecule has 0 aliphatic heterocycles. The van der Waals surface area contributed by atoms with Gasteiger partial charge in [0.2, 0.25) is 11.0 Å². The molecule has 120 valence electrons. The molecule has 1 amide bonds. The van der Waals surface area contributed by atoms with Crippen LogP contribution in [-0.4, -0.2) is 45.9 Å². The number of aromatic nitrogens is 2. The third kappa shape index (κ3) is 3.52. The molecule has 1 saturated carbocycles. The van der Waals surface area contributed by atoms with Crippen molar-refractivity contribution < 1.29 is 4.79 Å². The summed E-state index contributed by atoms with van der Waals surface area (Å²) in [6.07, 6.45) is 4.70. The highest BCUT2D eigenvalue weighted by Crippen LogP contribution is 2.35. The number of anilines is 1. The van der Waals surface area contributed by atoms with Gasteiger partial charge in [0.1, 0.15) is 5.54 Å². The summed E-state index contributed by atoms with van der Waals surface area (Å²) >= 11 is 2.82. The van der Waals surface area contributed by atoms with E-state index in [-0.39, 0.29) is 11.2 Å². The number of thioether (sulfide) groups is 1. The first-order chi connectivity index (χ1) is 10.5. The van der Waals surface area contributed by atoms with Gasteiger partial charge >= 0.3 is 0 Å². The predicted molar refractivity (Wildman–Crippen MR) is 89.0 cm³/mol. The van der Waals surface area contributed by atoms with Gasteiger partial charge in [0.15, 0.2) is 4.34 Å². The first kappa shape index (κ1) is 17.0. The molecule has 1 aromatic heterocycles. The lowest BCUT2D eigenvalue weighted by molar-refractivity contribution is -0.133. The van der Waals surface area contributed by atoms with Crippen molar-refractivity contribution in [3.05, 3.63) is 0 Å². The van der Waals surface area contributed by atoms with Crippen LogP contribution in [-0.2, 0) is 4.79 Å². The summed E-state index contributed by atoms with van der Waals surface area (Å²) in [5.74, 6) is -0.0188. The fourth-order valence-electron chi connectivity index (χ4n) is 2.70. The van der Waals surface area contributed by atoms with Crippen LogP contribution in [0.5, 0.6) is 0 Å². The Bertz CT molecular complexity index is 562. The summed E-state index contributed by atoms with van der Waals surface area (Å²) in [6.45, 7) is 1.86. The average Bonchev–Trinajstić information content (AvgIpc) is 3.01. The maximum atomic E-state index is 12.7. The van der Waals surface area contributed by atoms with Crippen molar-refractivity contribution in [3.8, 4) is 6.07 Å². The highest BCUT2D eigenvalue weighted by Gasteiger charge is 2.40. The molecule has 2 rings (SSSR count). The zero-order valence-corrected chi connectivity index (χ0v) is 14.8. The predicted octanol–water partition coefficient (Wildman–Crippen LogP) is 2.75. The smallest absolute Gasteiger partial charge is 0.236 e. The number of nitriles is 1. The second-order valence-corrected chi connectivity index (χ2v) is 8.05. The molecule has 0 radical (unpaired) electrons. The van der Waals surface area contributed by atoms with Gasteiger partial charge in [-0.1, -0.05) is 42.4 Å². The van der Waals surface area contributed by atoms with E-state index in [2.05, 4.69) is 21.6 Å². The Morgan fingerprint density at radius 1 is 1.45 bits per heavy atom. The monoisotopic (exact) mass is 339 g/mol. The number of nitrogens with one attached hydrogen (secondary N) is 1. The van der Waals surface area contributed by atoms with Crippen molar-refractivity contribution in [3.63, 3.8) is 0 Å². The molecule has 1 aliphatic rings. The van der Waals surface area contributed by atoms with Gasteiger partial charge in [-0.05, 0) is 19.8 Å². The summed E-state index contributed by atoms with van der Waals surface area (Å²) in [7, 11) is 3.55. The van der Waals surface area contributed by atoms with Crippen LogP contribution in [0.1, 0.15) is 39.0 Å². The minimum absolute atomic E-state index is 0.0188. The molecule has 0 aromatic carbocycles. The number of hydrogen-bond acceptors (Lipinski definition) is 7. The van der Waals surface area contributed by atoms with Crippen molar-refractivity contribution in [2.45, 2.75) is 54.2 Å². The first-order valence-electron chi connectivity index (χ1n) is 7.39. The first-order valence-corrected chi connectivity index (χ1v) is 9.09. The van der Waals surface area contributed by atoms with Crippen molar-refractivity contribution >= 4 is 34.1 Å². The minimum atomic E-state index is -0.637. The molecular weight excluding hydrogens is 318 g/mol.